The van der Waals surface area contributed by atoms with Crippen molar-refractivity contribution in [1.29, 1.82) is 0 Å². The van der Waals surface area contributed by atoms with Gasteiger partial charge in [0.2, 0.25) is 5.91 Å². The van der Waals surface area contributed by atoms with E-state index in [1.165, 1.54) is 0 Å². The summed E-state index contributed by atoms with van der Waals surface area (Å²) in [5, 5.41) is 8.52. The summed E-state index contributed by atoms with van der Waals surface area (Å²) in [5.41, 5.74) is 1.27. The maximum atomic E-state index is 11.6. The molecule has 0 aliphatic rings. The van der Waals surface area contributed by atoms with Crippen LogP contribution in [0.5, 0.6) is 0 Å². The van der Waals surface area contributed by atoms with E-state index in [4.69, 9.17) is 0 Å². The van der Waals surface area contributed by atoms with Crippen molar-refractivity contribution in [3.8, 4) is 0 Å². The van der Waals surface area contributed by atoms with Gasteiger partial charge in [-0.25, -0.2) is 0 Å². The van der Waals surface area contributed by atoms with Crippen molar-refractivity contribution < 1.29 is 9.59 Å². The number of carbonyl (C=O) groups excluding carboxylic acids is 2. The van der Waals surface area contributed by atoms with E-state index in [9.17, 15) is 9.59 Å². The predicted molar refractivity (Wildman–Crippen MR) is 76.2 cm³/mol. The van der Waals surface area contributed by atoms with Crippen molar-refractivity contribution in [3.05, 3.63) is 29.8 Å². The molecule has 0 aliphatic carbocycles. The molecule has 0 aromatic heterocycles. The van der Waals surface area contributed by atoms with E-state index in [2.05, 4.69) is 16.0 Å². The third kappa shape index (κ3) is 5.52. The van der Waals surface area contributed by atoms with E-state index in [0.717, 1.165) is 0 Å². The monoisotopic (exact) mass is 263 g/mol. The molecule has 0 aliphatic heterocycles. The molecular formula is C14H21N3O2. The second-order valence-corrected chi connectivity index (χ2v) is 4.52. The number of rotatable bonds is 6. The average Bonchev–Trinajstić information content (AvgIpc) is 2.37. The number of hydrogen-bond donors (Lipinski definition) is 3. The Morgan fingerprint density at radius 2 is 1.79 bits per heavy atom. The molecule has 0 spiro atoms. The Morgan fingerprint density at radius 1 is 1.16 bits per heavy atom. The number of hydrogen-bond acceptors (Lipinski definition) is 3. The van der Waals surface area contributed by atoms with Crippen LogP contribution in [0.4, 0.5) is 5.69 Å². The van der Waals surface area contributed by atoms with E-state index in [1.807, 2.05) is 20.8 Å². The summed E-state index contributed by atoms with van der Waals surface area (Å²) in [5.74, 6) is -0.207. The number of anilines is 1. The lowest BCUT2D eigenvalue weighted by Crippen LogP contribution is -2.32. The highest BCUT2D eigenvalue weighted by atomic mass is 16.2. The van der Waals surface area contributed by atoms with Crippen LogP contribution in [0.25, 0.3) is 0 Å². The zero-order valence-electron chi connectivity index (χ0n) is 11.6. The van der Waals surface area contributed by atoms with Crippen LogP contribution in [0, 0.1) is 0 Å². The van der Waals surface area contributed by atoms with Gasteiger partial charge in [0.25, 0.3) is 5.91 Å². The lowest BCUT2D eigenvalue weighted by molar-refractivity contribution is -0.115. The summed E-state index contributed by atoms with van der Waals surface area (Å²) in [7, 11) is 0. The normalized spacial score (nSPS) is 10.3. The third-order valence-electron chi connectivity index (χ3n) is 2.44. The molecule has 1 aromatic carbocycles. The Balaban J connectivity index is 2.52. The van der Waals surface area contributed by atoms with Gasteiger partial charge in [-0.05, 0) is 31.2 Å². The second-order valence-electron chi connectivity index (χ2n) is 4.52. The van der Waals surface area contributed by atoms with E-state index < -0.39 is 0 Å². The Bertz CT molecular complexity index is 427. The summed E-state index contributed by atoms with van der Waals surface area (Å²) in [6, 6.07) is 7.09. The molecule has 5 heteroatoms. The maximum absolute atomic E-state index is 11.6. The lowest BCUT2D eigenvalue weighted by atomic mass is 10.2. The fourth-order valence-corrected chi connectivity index (χ4v) is 1.47. The number of nitrogens with one attached hydrogen (secondary N) is 3. The van der Waals surface area contributed by atoms with Gasteiger partial charge in [-0.3, -0.25) is 9.59 Å². The van der Waals surface area contributed by atoms with Crippen LogP contribution in [0.15, 0.2) is 24.3 Å². The van der Waals surface area contributed by atoms with Gasteiger partial charge in [-0.2, -0.15) is 0 Å². The molecular weight excluding hydrogens is 242 g/mol. The van der Waals surface area contributed by atoms with Crippen LogP contribution in [-0.2, 0) is 4.79 Å². The van der Waals surface area contributed by atoms with Crippen LogP contribution in [0.2, 0.25) is 0 Å². The van der Waals surface area contributed by atoms with Gasteiger partial charge in [0.1, 0.15) is 0 Å². The predicted octanol–water partition coefficient (Wildman–Crippen LogP) is 1.37. The van der Waals surface area contributed by atoms with Crippen LogP contribution in [-0.4, -0.2) is 30.9 Å². The first kappa shape index (κ1) is 15.2. The van der Waals surface area contributed by atoms with Crippen molar-refractivity contribution in [2.24, 2.45) is 0 Å². The van der Waals surface area contributed by atoms with Crippen LogP contribution < -0.4 is 16.0 Å². The van der Waals surface area contributed by atoms with E-state index in [-0.39, 0.29) is 24.4 Å². The van der Waals surface area contributed by atoms with Crippen LogP contribution >= 0.6 is 0 Å². The van der Waals surface area contributed by atoms with Crippen LogP contribution in [0.1, 0.15) is 31.1 Å². The summed E-state index contributed by atoms with van der Waals surface area (Å²) in [6.07, 6.45) is 0. The molecule has 19 heavy (non-hydrogen) atoms. The Kier molecular flexibility index (Phi) is 6.02. The van der Waals surface area contributed by atoms with Gasteiger partial charge in [-0.15, -0.1) is 0 Å². The number of amides is 2. The standard InChI is InChI=1S/C14H21N3O2/c1-4-15-14(19)11-5-7-12(8-6-11)17-13(18)9-16-10(2)3/h5-8,10,16H,4,9H2,1-3H3,(H,15,19)(H,17,18). The first-order chi connectivity index (χ1) is 9.02. The van der Waals surface area contributed by atoms with Gasteiger partial charge < -0.3 is 16.0 Å². The van der Waals surface area contributed by atoms with E-state index >= 15 is 0 Å². The Hall–Kier alpha value is -1.88. The quantitative estimate of drug-likeness (QED) is 0.726. The first-order valence-electron chi connectivity index (χ1n) is 6.44. The fraction of sp³-hybridized carbons (Fsp3) is 0.429. The second kappa shape index (κ2) is 7.53. The fourth-order valence-electron chi connectivity index (χ4n) is 1.47. The van der Waals surface area contributed by atoms with Gasteiger partial charge >= 0.3 is 0 Å². The smallest absolute Gasteiger partial charge is 0.251 e. The van der Waals surface area contributed by atoms with E-state index in [0.29, 0.717) is 17.8 Å². The molecule has 0 saturated carbocycles. The molecule has 1 rings (SSSR count). The molecule has 1 aromatic rings. The molecule has 0 atom stereocenters. The Labute approximate surface area is 113 Å². The third-order valence-corrected chi connectivity index (χ3v) is 2.44. The van der Waals surface area contributed by atoms with E-state index in [1.54, 1.807) is 24.3 Å². The highest BCUT2D eigenvalue weighted by Gasteiger charge is 2.05. The largest absolute Gasteiger partial charge is 0.352 e. The molecule has 0 heterocycles. The lowest BCUT2D eigenvalue weighted by Gasteiger charge is -2.09. The molecule has 0 saturated heterocycles. The topological polar surface area (TPSA) is 70.2 Å². The molecule has 3 N–H and O–H groups in total. The average molecular weight is 263 g/mol. The molecule has 2 amide bonds. The highest BCUT2D eigenvalue weighted by Crippen LogP contribution is 2.09. The van der Waals surface area contributed by atoms with Crippen molar-refractivity contribution in [3.63, 3.8) is 0 Å². The van der Waals surface area contributed by atoms with Gasteiger partial charge in [-0.1, -0.05) is 13.8 Å². The first-order valence-corrected chi connectivity index (χ1v) is 6.44. The van der Waals surface area contributed by atoms with Crippen molar-refractivity contribution in [1.82, 2.24) is 10.6 Å². The molecule has 104 valence electrons. The molecule has 0 fully saturated rings. The summed E-state index contributed by atoms with van der Waals surface area (Å²) < 4.78 is 0. The maximum Gasteiger partial charge on any atom is 0.251 e. The number of carbonyl (C=O) groups is 2. The van der Waals surface area contributed by atoms with Gasteiger partial charge in [0.15, 0.2) is 0 Å². The molecule has 5 nitrogen and oxygen atoms in total. The summed E-state index contributed by atoms with van der Waals surface area (Å²) in [6.45, 7) is 6.70. The summed E-state index contributed by atoms with van der Waals surface area (Å²) >= 11 is 0. The summed E-state index contributed by atoms with van der Waals surface area (Å²) in [4.78, 5) is 23.1. The van der Waals surface area contributed by atoms with Gasteiger partial charge in [0.05, 0.1) is 6.54 Å². The van der Waals surface area contributed by atoms with Gasteiger partial charge in [0, 0.05) is 23.8 Å². The zero-order valence-corrected chi connectivity index (χ0v) is 11.6. The van der Waals surface area contributed by atoms with Crippen molar-refractivity contribution in [2.45, 2.75) is 26.8 Å². The molecule has 0 unspecified atom stereocenters. The van der Waals surface area contributed by atoms with Crippen molar-refractivity contribution in [2.75, 3.05) is 18.4 Å². The highest BCUT2D eigenvalue weighted by molar-refractivity contribution is 5.96. The minimum Gasteiger partial charge on any atom is -0.352 e. The SMILES string of the molecule is CCNC(=O)c1ccc(NC(=O)CNC(C)C)cc1. The molecule has 0 radical (unpaired) electrons. The minimum absolute atomic E-state index is 0.0977. The molecule has 0 bridgehead atoms. The van der Waals surface area contributed by atoms with Crippen LogP contribution in [0.3, 0.4) is 0 Å². The Morgan fingerprint density at radius 3 is 2.32 bits per heavy atom. The van der Waals surface area contributed by atoms with Crippen molar-refractivity contribution >= 4 is 17.5 Å². The zero-order chi connectivity index (χ0) is 14.3. The minimum atomic E-state index is -0.109. The number of benzene rings is 1.